The molecule has 0 aliphatic rings. The van der Waals surface area contributed by atoms with Crippen molar-refractivity contribution in [3.8, 4) is 11.5 Å². The molecule has 1 N–H and O–H groups in total. The minimum Gasteiger partial charge on any atom is -0.493 e. The molecule has 0 bridgehead atoms. The summed E-state index contributed by atoms with van der Waals surface area (Å²) in [5.74, 6) is 1.61. The second kappa shape index (κ2) is 8.32. The van der Waals surface area contributed by atoms with Gasteiger partial charge in [0.1, 0.15) is 0 Å². The Morgan fingerprint density at radius 2 is 1.67 bits per heavy atom. The van der Waals surface area contributed by atoms with Crippen LogP contribution in [-0.2, 0) is 13.1 Å². The van der Waals surface area contributed by atoms with E-state index in [1.54, 1.807) is 7.11 Å². The Kier molecular flexibility index (Phi) is 6.10. The fourth-order valence-corrected chi connectivity index (χ4v) is 2.10. The highest BCUT2D eigenvalue weighted by Crippen LogP contribution is 2.28. The van der Waals surface area contributed by atoms with Crippen LogP contribution in [0.4, 0.5) is 0 Å². The molecule has 3 nitrogen and oxygen atoms in total. The molecule has 2 aromatic carbocycles. The van der Waals surface area contributed by atoms with Crippen molar-refractivity contribution < 1.29 is 9.47 Å². The van der Waals surface area contributed by atoms with Crippen LogP contribution in [0, 0.1) is 0 Å². The maximum absolute atomic E-state index is 5.66. The minimum atomic E-state index is 0.710. The van der Waals surface area contributed by atoms with Gasteiger partial charge in [0.05, 0.1) is 13.7 Å². The Bertz CT molecular complexity index is 540. The van der Waals surface area contributed by atoms with E-state index in [1.807, 2.05) is 18.2 Å². The molecule has 0 atom stereocenters. The first-order valence-electron chi connectivity index (χ1n) is 7.38. The Morgan fingerprint density at radius 1 is 0.905 bits per heavy atom. The summed E-state index contributed by atoms with van der Waals surface area (Å²) in [6.45, 7) is 4.47. The first-order valence-corrected chi connectivity index (χ1v) is 7.38. The van der Waals surface area contributed by atoms with Crippen LogP contribution in [0.3, 0.4) is 0 Å². The van der Waals surface area contributed by atoms with Gasteiger partial charge in [0.2, 0.25) is 0 Å². The lowest BCUT2D eigenvalue weighted by molar-refractivity contribution is 0.294. The zero-order valence-corrected chi connectivity index (χ0v) is 12.8. The Labute approximate surface area is 126 Å². The van der Waals surface area contributed by atoms with Crippen molar-refractivity contribution in [2.75, 3.05) is 13.7 Å². The standard InChI is InChI=1S/C18H23NO2/c1-3-11-21-17-10-9-16(12-18(17)20-2)14-19-13-15-7-5-4-6-8-15/h4-10,12,19H,3,11,13-14H2,1-2H3. The predicted molar refractivity (Wildman–Crippen MR) is 85.8 cm³/mol. The lowest BCUT2D eigenvalue weighted by Gasteiger charge is -2.12. The van der Waals surface area contributed by atoms with Crippen LogP contribution in [0.2, 0.25) is 0 Å². The summed E-state index contributed by atoms with van der Waals surface area (Å²) in [4.78, 5) is 0. The fraction of sp³-hybridized carbons (Fsp3) is 0.333. The van der Waals surface area contributed by atoms with Crippen LogP contribution in [-0.4, -0.2) is 13.7 Å². The third-order valence-electron chi connectivity index (χ3n) is 3.19. The molecule has 0 unspecified atom stereocenters. The smallest absolute Gasteiger partial charge is 0.161 e. The molecule has 21 heavy (non-hydrogen) atoms. The van der Waals surface area contributed by atoms with E-state index in [0.29, 0.717) is 6.61 Å². The summed E-state index contributed by atoms with van der Waals surface area (Å²) in [5, 5.41) is 3.44. The van der Waals surface area contributed by atoms with E-state index in [9.17, 15) is 0 Å². The van der Waals surface area contributed by atoms with Gasteiger partial charge >= 0.3 is 0 Å². The van der Waals surface area contributed by atoms with Crippen molar-refractivity contribution >= 4 is 0 Å². The summed E-state index contributed by atoms with van der Waals surface area (Å²) in [6.07, 6.45) is 0.990. The molecule has 0 aliphatic carbocycles. The molecule has 0 spiro atoms. The predicted octanol–water partition coefficient (Wildman–Crippen LogP) is 3.77. The van der Waals surface area contributed by atoms with Crippen LogP contribution in [0.1, 0.15) is 24.5 Å². The number of rotatable bonds is 8. The normalized spacial score (nSPS) is 10.4. The number of ether oxygens (including phenoxy) is 2. The molecule has 0 amide bonds. The van der Waals surface area contributed by atoms with Crippen molar-refractivity contribution in [1.29, 1.82) is 0 Å². The molecule has 0 saturated heterocycles. The van der Waals surface area contributed by atoms with Crippen LogP contribution in [0.25, 0.3) is 0 Å². The second-order valence-corrected chi connectivity index (χ2v) is 4.92. The van der Waals surface area contributed by atoms with Gasteiger partial charge in [-0.05, 0) is 29.7 Å². The molecule has 0 saturated carbocycles. The summed E-state index contributed by atoms with van der Waals surface area (Å²) >= 11 is 0. The molecular weight excluding hydrogens is 262 g/mol. The van der Waals surface area contributed by atoms with Crippen molar-refractivity contribution in [1.82, 2.24) is 5.32 Å². The third-order valence-corrected chi connectivity index (χ3v) is 3.19. The lowest BCUT2D eigenvalue weighted by atomic mass is 10.2. The van der Waals surface area contributed by atoms with Gasteiger partial charge in [0.25, 0.3) is 0 Å². The quantitative estimate of drug-likeness (QED) is 0.801. The number of hydrogen-bond acceptors (Lipinski definition) is 3. The van der Waals surface area contributed by atoms with Crippen LogP contribution in [0.5, 0.6) is 11.5 Å². The monoisotopic (exact) mass is 285 g/mol. The minimum absolute atomic E-state index is 0.710. The first-order chi connectivity index (χ1) is 10.3. The van der Waals surface area contributed by atoms with Crippen LogP contribution < -0.4 is 14.8 Å². The number of hydrogen-bond donors (Lipinski definition) is 1. The molecule has 0 heterocycles. The first kappa shape index (κ1) is 15.4. The Hall–Kier alpha value is -2.00. The molecule has 0 fully saturated rings. The molecule has 2 aromatic rings. The number of benzene rings is 2. The van der Waals surface area contributed by atoms with Gasteiger partial charge in [-0.1, -0.05) is 43.3 Å². The average Bonchev–Trinajstić information content (AvgIpc) is 2.54. The summed E-state index contributed by atoms with van der Waals surface area (Å²) < 4.78 is 11.1. The molecule has 112 valence electrons. The van der Waals surface area contributed by atoms with Gasteiger partial charge < -0.3 is 14.8 Å². The molecule has 0 aliphatic heterocycles. The van der Waals surface area contributed by atoms with Crippen molar-refractivity contribution in [3.63, 3.8) is 0 Å². The van der Waals surface area contributed by atoms with E-state index in [1.165, 1.54) is 11.1 Å². The van der Waals surface area contributed by atoms with Gasteiger partial charge in [-0.3, -0.25) is 0 Å². The van der Waals surface area contributed by atoms with Crippen LogP contribution in [0.15, 0.2) is 48.5 Å². The van der Waals surface area contributed by atoms with Crippen molar-refractivity contribution in [3.05, 3.63) is 59.7 Å². The molecule has 0 radical (unpaired) electrons. The maximum Gasteiger partial charge on any atom is 0.161 e. The van der Waals surface area contributed by atoms with Crippen molar-refractivity contribution in [2.45, 2.75) is 26.4 Å². The van der Waals surface area contributed by atoms with E-state index in [2.05, 4.69) is 42.6 Å². The zero-order chi connectivity index (χ0) is 14.9. The van der Waals surface area contributed by atoms with Crippen LogP contribution >= 0.6 is 0 Å². The zero-order valence-electron chi connectivity index (χ0n) is 12.8. The summed E-state index contributed by atoms with van der Waals surface area (Å²) in [7, 11) is 1.68. The SMILES string of the molecule is CCCOc1ccc(CNCc2ccccc2)cc1OC. The van der Waals surface area contributed by atoms with Gasteiger partial charge in [-0.25, -0.2) is 0 Å². The van der Waals surface area contributed by atoms with Crippen molar-refractivity contribution in [2.24, 2.45) is 0 Å². The van der Waals surface area contributed by atoms with Gasteiger partial charge in [-0.2, -0.15) is 0 Å². The maximum atomic E-state index is 5.66. The molecule has 2 rings (SSSR count). The van der Waals surface area contributed by atoms with E-state index in [-0.39, 0.29) is 0 Å². The van der Waals surface area contributed by atoms with Gasteiger partial charge in [0.15, 0.2) is 11.5 Å². The molecule has 3 heteroatoms. The van der Waals surface area contributed by atoms with Gasteiger partial charge in [0, 0.05) is 13.1 Å². The Morgan fingerprint density at radius 3 is 2.38 bits per heavy atom. The summed E-state index contributed by atoms with van der Waals surface area (Å²) in [5.41, 5.74) is 2.47. The highest BCUT2D eigenvalue weighted by atomic mass is 16.5. The third kappa shape index (κ3) is 4.80. The molecule has 0 aromatic heterocycles. The number of nitrogens with one attached hydrogen (secondary N) is 1. The Balaban J connectivity index is 1.91. The topological polar surface area (TPSA) is 30.5 Å². The van der Waals surface area contributed by atoms with Gasteiger partial charge in [-0.15, -0.1) is 0 Å². The average molecular weight is 285 g/mol. The fourth-order valence-electron chi connectivity index (χ4n) is 2.10. The largest absolute Gasteiger partial charge is 0.493 e. The highest BCUT2D eigenvalue weighted by Gasteiger charge is 2.05. The molecular formula is C18H23NO2. The van der Waals surface area contributed by atoms with E-state index in [0.717, 1.165) is 31.0 Å². The second-order valence-electron chi connectivity index (χ2n) is 4.92. The highest BCUT2D eigenvalue weighted by molar-refractivity contribution is 5.43. The summed E-state index contributed by atoms with van der Waals surface area (Å²) in [6, 6.07) is 16.5. The van der Waals surface area contributed by atoms with E-state index in [4.69, 9.17) is 9.47 Å². The van der Waals surface area contributed by atoms with E-state index < -0.39 is 0 Å². The lowest BCUT2D eigenvalue weighted by Crippen LogP contribution is -2.12. The number of methoxy groups -OCH3 is 1. The van der Waals surface area contributed by atoms with E-state index >= 15 is 0 Å².